The minimum Gasteiger partial charge on any atom is -0.434 e. The lowest BCUT2D eigenvalue weighted by Gasteiger charge is -2.12. The van der Waals surface area contributed by atoms with Crippen LogP contribution in [-0.2, 0) is 6.54 Å². The van der Waals surface area contributed by atoms with Gasteiger partial charge in [-0.1, -0.05) is 18.2 Å². The standard InChI is InChI=1S/C16H12BrF3N2O/c1-9-21-13-7-12(18)11(17)6-14(13)22(9)8-10-4-2-3-5-15(10)23-16(19)20/h2-7,16H,8H2,1H3. The molecule has 3 aromatic rings. The Morgan fingerprint density at radius 2 is 2.00 bits per heavy atom. The molecular formula is C16H12BrF3N2O. The van der Waals surface area contributed by atoms with Gasteiger partial charge in [-0.3, -0.25) is 0 Å². The normalized spacial score (nSPS) is 11.4. The summed E-state index contributed by atoms with van der Waals surface area (Å²) in [7, 11) is 0. The van der Waals surface area contributed by atoms with Gasteiger partial charge in [-0.2, -0.15) is 8.78 Å². The van der Waals surface area contributed by atoms with Crippen molar-refractivity contribution >= 4 is 27.0 Å². The van der Waals surface area contributed by atoms with Crippen molar-refractivity contribution in [2.24, 2.45) is 0 Å². The van der Waals surface area contributed by atoms with Crippen LogP contribution in [0.5, 0.6) is 5.75 Å². The maximum atomic E-state index is 13.6. The third kappa shape index (κ3) is 3.19. The van der Waals surface area contributed by atoms with Crippen LogP contribution >= 0.6 is 15.9 Å². The van der Waals surface area contributed by atoms with Gasteiger partial charge < -0.3 is 9.30 Å². The van der Waals surface area contributed by atoms with Crippen molar-refractivity contribution in [2.75, 3.05) is 0 Å². The van der Waals surface area contributed by atoms with Gasteiger partial charge in [-0.05, 0) is 35.0 Å². The van der Waals surface area contributed by atoms with Crippen molar-refractivity contribution < 1.29 is 17.9 Å². The maximum Gasteiger partial charge on any atom is 0.387 e. The molecule has 0 aliphatic heterocycles. The van der Waals surface area contributed by atoms with Gasteiger partial charge >= 0.3 is 6.61 Å². The Morgan fingerprint density at radius 3 is 2.74 bits per heavy atom. The van der Waals surface area contributed by atoms with E-state index in [-0.39, 0.29) is 5.75 Å². The summed E-state index contributed by atoms with van der Waals surface area (Å²) in [4.78, 5) is 4.31. The van der Waals surface area contributed by atoms with Gasteiger partial charge in [0.15, 0.2) is 0 Å². The molecule has 120 valence electrons. The van der Waals surface area contributed by atoms with Gasteiger partial charge in [0.2, 0.25) is 0 Å². The highest BCUT2D eigenvalue weighted by Crippen LogP contribution is 2.27. The van der Waals surface area contributed by atoms with Crippen LogP contribution in [0.25, 0.3) is 11.0 Å². The molecule has 0 aliphatic carbocycles. The zero-order valence-corrected chi connectivity index (χ0v) is 13.6. The highest BCUT2D eigenvalue weighted by molar-refractivity contribution is 9.10. The molecule has 0 atom stereocenters. The molecule has 0 unspecified atom stereocenters. The predicted molar refractivity (Wildman–Crippen MR) is 84.3 cm³/mol. The summed E-state index contributed by atoms with van der Waals surface area (Å²) in [5.41, 5.74) is 1.81. The average Bonchev–Trinajstić information content (AvgIpc) is 2.77. The number of alkyl halides is 2. The lowest BCUT2D eigenvalue weighted by atomic mass is 10.2. The Morgan fingerprint density at radius 1 is 1.26 bits per heavy atom. The Labute approximate surface area is 138 Å². The molecule has 23 heavy (non-hydrogen) atoms. The first-order chi connectivity index (χ1) is 11.0. The first-order valence-corrected chi connectivity index (χ1v) is 7.59. The van der Waals surface area contributed by atoms with E-state index in [0.29, 0.717) is 33.4 Å². The summed E-state index contributed by atoms with van der Waals surface area (Å²) in [5, 5.41) is 0. The molecular weight excluding hydrogens is 373 g/mol. The van der Waals surface area contributed by atoms with Crippen LogP contribution in [0.2, 0.25) is 0 Å². The quantitative estimate of drug-likeness (QED) is 0.639. The van der Waals surface area contributed by atoms with Gasteiger partial charge in [0, 0.05) is 11.6 Å². The average molecular weight is 385 g/mol. The first kappa shape index (κ1) is 15.9. The number of benzene rings is 2. The fraction of sp³-hybridized carbons (Fsp3) is 0.188. The highest BCUT2D eigenvalue weighted by Gasteiger charge is 2.14. The molecule has 0 fully saturated rings. The van der Waals surface area contributed by atoms with Crippen molar-refractivity contribution in [1.82, 2.24) is 9.55 Å². The number of halogens is 4. The fourth-order valence-electron chi connectivity index (χ4n) is 2.46. The molecule has 0 N–H and O–H groups in total. The number of fused-ring (bicyclic) bond motifs is 1. The monoisotopic (exact) mass is 384 g/mol. The minimum absolute atomic E-state index is 0.116. The second-order valence-electron chi connectivity index (χ2n) is 4.99. The summed E-state index contributed by atoms with van der Waals surface area (Å²) in [5.74, 6) is 0.373. The Balaban J connectivity index is 2.05. The number of aromatic nitrogens is 2. The van der Waals surface area contributed by atoms with Gasteiger partial charge in [-0.25, -0.2) is 9.37 Å². The van der Waals surface area contributed by atoms with E-state index >= 15 is 0 Å². The number of aryl methyl sites for hydroxylation is 1. The zero-order valence-electron chi connectivity index (χ0n) is 12.1. The Hall–Kier alpha value is -2.02. The van der Waals surface area contributed by atoms with Crippen LogP contribution in [0.1, 0.15) is 11.4 Å². The third-order valence-corrected chi connectivity index (χ3v) is 4.11. The number of rotatable bonds is 4. The van der Waals surface area contributed by atoms with Crippen LogP contribution in [0.4, 0.5) is 13.2 Å². The van der Waals surface area contributed by atoms with E-state index < -0.39 is 12.4 Å². The smallest absolute Gasteiger partial charge is 0.387 e. The van der Waals surface area contributed by atoms with E-state index in [0.717, 1.165) is 0 Å². The van der Waals surface area contributed by atoms with E-state index in [1.807, 2.05) is 4.57 Å². The lowest BCUT2D eigenvalue weighted by Crippen LogP contribution is -2.08. The topological polar surface area (TPSA) is 27.1 Å². The van der Waals surface area contributed by atoms with E-state index in [1.54, 1.807) is 31.2 Å². The summed E-state index contributed by atoms with van der Waals surface area (Å²) in [6.45, 7) is -0.814. The number of ether oxygens (including phenoxy) is 1. The molecule has 0 amide bonds. The molecule has 1 aromatic heterocycles. The molecule has 0 saturated carbocycles. The van der Waals surface area contributed by atoms with Crippen molar-refractivity contribution in [1.29, 1.82) is 0 Å². The van der Waals surface area contributed by atoms with Crippen molar-refractivity contribution in [2.45, 2.75) is 20.1 Å². The van der Waals surface area contributed by atoms with Crippen LogP contribution in [0.3, 0.4) is 0 Å². The molecule has 0 saturated heterocycles. The van der Waals surface area contributed by atoms with Gasteiger partial charge in [0.1, 0.15) is 17.4 Å². The molecule has 0 spiro atoms. The van der Waals surface area contributed by atoms with Crippen molar-refractivity contribution in [3.05, 3.63) is 58.1 Å². The second kappa shape index (κ2) is 6.23. The molecule has 3 rings (SSSR count). The summed E-state index contributed by atoms with van der Waals surface area (Å²) in [6.07, 6.45) is 0. The molecule has 0 aliphatic rings. The van der Waals surface area contributed by atoms with Crippen molar-refractivity contribution in [3.8, 4) is 5.75 Å². The number of hydrogen-bond acceptors (Lipinski definition) is 2. The van der Waals surface area contributed by atoms with E-state index in [2.05, 4.69) is 25.7 Å². The maximum absolute atomic E-state index is 13.6. The SMILES string of the molecule is Cc1nc2cc(F)c(Br)cc2n1Cc1ccccc1OC(F)F. The lowest BCUT2D eigenvalue weighted by molar-refractivity contribution is -0.0504. The molecule has 0 bridgehead atoms. The number of imidazole rings is 1. The van der Waals surface area contributed by atoms with E-state index in [1.165, 1.54) is 12.1 Å². The van der Waals surface area contributed by atoms with Crippen LogP contribution in [0, 0.1) is 12.7 Å². The van der Waals surface area contributed by atoms with Gasteiger partial charge in [0.25, 0.3) is 0 Å². The number of hydrogen-bond donors (Lipinski definition) is 0. The Bertz CT molecular complexity index is 864. The molecule has 0 radical (unpaired) electrons. The van der Waals surface area contributed by atoms with Crippen LogP contribution in [0.15, 0.2) is 40.9 Å². The summed E-state index contributed by atoms with van der Waals surface area (Å²) >= 11 is 3.15. The predicted octanol–water partition coefficient (Wildman–Crippen LogP) is 4.90. The number of para-hydroxylation sites is 1. The molecule has 1 heterocycles. The Kier molecular flexibility index (Phi) is 4.30. The summed E-state index contributed by atoms with van der Waals surface area (Å²) < 4.78 is 45.4. The van der Waals surface area contributed by atoms with Gasteiger partial charge in [0.05, 0.1) is 22.1 Å². The largest absolute Gasteiger partial charge is 0.434 e. The first-order valence-electron chi connectivity index (χ1n) is 6.80. The zero-order chi connectivity index (χ0) is 16.6. The van der Waals surface area contributed by atoms with Gasteiger partial charge in [-0.15, -0.1) is 0 Å². The molecule has 3 nitrogen and oxygen atoms in total. The van der Waals surface area contributed by atoms with E-state index in [4.69, 9.17) is 0 Å². The number of nitrogens with zero attached hydrogens (tertiary/aromatic N) is 2. The summed E-state index contributed by atoms with van der Waals surface area (Å²) in [6, 6.07) is 9.54. The third-order valence-electron chi connectivity index (χ3n) is 3.50. The van der Waals surface area contributed by atoms with Crippen LogP contribution < -0.4 is 4.74 Å². The minimum atomic E-state index is -2.89. The molecule has 7 heteroatoms. The van der Waals surface area contributed by atoms with Crippen LogP contribution in [-0.4, -0.2) is 16.2 Å². The molecule has 2 aromatic carbocycles. The fourth-order valence-corrected chi connectivity index (χ4v) is 2.79. The second-order valence-corrected chi connectivity index (χ2v) is 5.84. The van der Waals surface area contributed by atoms with E-state index in [9.17, 15) is 13.2 Å². The highest BCUT2D eigenvalue weighted by atomic mass is 79.9. The van der Waals surface area contributed by atoms with Crippen molar-refractivity contribution in [3.63, 3.8) is 0 Å².